The Kier molecular flexibility index (Phi) is 5.66. The number of rotatable bonds is 6. The van der Waals surface area contributed by atoms with Crippen molar-refractivity contribution in [3.63, 3.8) is 0 Å². The fourth-order valence-electron chi connectivity index (χ4n) is 2.06. The molecule has 0 aliphatic carbocycles. The second-order valence-corrected chi connectivity index (χ2v) is 5.02. The Morgan fingerprint density at radius 3 is 2.50 bits per heavy atom. The summed E-state index contributed by atoms with van der Waals surface area (Å²) in [6.45, 7) is 5.96. The van der Waals surface area contributed by atoms with Crippen molar-refractivity contribution in [2.75, 3.05) is 0 Å². The number of hydrogen-bond acceptors (Lipinski definition) is 2. The van der Waals surface area contributed by atoms with Crippen LogP contribution in [0.3, 0.4) is 0 Å². The predicted octanol–water partition coefficient (Wildman–Crippen LogP) is 2.89. The average molecular weight is 273 g/mol. The Labute approximate surface area is 112 Å². The van der Waals surface area contributed by atoms with Crippen LogP contribution in [0.2, 0.25) is 5.15 Å². The van der Waals surface area contributed by atoms with Gasteiger partial charge in [-0.2, -0.15) is 0 Å². The number of H-pyrrole nitrogens is 1. The van der Waals surface area contributed by atoms with E-state index < -0.39 is 5.69 Å². The van der Waals surface area contributed by atoms with Crippen molar-refractivity contribution < 1.29 is 0 Å². The van der Waals surface area contributed by atoms with Crippen LogP contribution in [0.15, 0.2) is 9.59 Å². The molecule has 0 saturated carbocycles. The minimum absolute atomic E-state index is 0.0888. The highest BCUT2D eigenvalue weighted by atomic mass is 35.5. The van der Waals surface area contributed by atoms with E-state index in [1.54, 1.807) is 0 Å². The molecule has 0 amide bonds. The second kappa shape index (κ2) is 6.78. The van der Waals surface area contributed by atoms with Gasteiger partial charge in [-0.25, -0.2) is 4.79 Å². The number of nitrogens with zero attached hydrogens (tertiary/aromatic N) is 1. The molecule has 4 nitrogen and oxygen atoms in total. The molecule has 0 radical (unpaired) electrons. The third-order valence-corrected chi connectivity index (χ3v) is 3.42. The van der Waals surface area contributed by atoms with E-state index >= 15 is 0 Å². The highest BCUT2D eigenvalue weighted by molar-refractivity contribution is 6.30. The zero-order valence-electron chi connectivity index (χ0n) is 11.3. The van der Waals surface area contributed by atoms with Crippen molar-refractivity contribution in [3.05, 3.63) is 31.6 Å². The molecule has 0 aliphatic heterocycles. The normalized spacial score (nSPS) is 12.7. The monoisotopic (exact) mass is 272 g/mol. The molecule has 1 rings (SSSR count). The summed E-state index contributed by atoms with van der Waals surface area (Å²) < 4.78 is 1.30. The van der Waals surface area contributed by atoms with Crippen molar-refractivity contribution in [3.8, 4) is 0 Å². The maximum absolute atomic E-state index is 12.3. The van der Waals surface area contributed by atoms with Crippen LogP contribution in [0.4, 0.5) is 0 Å². The number of nitrogens with one attached hydrogen (secondary N) is 1. The van der Waals surface area contributed by atoms with Gasteiger partial charge in [-0.3, -0.25) is 14.3 Å². The molecule has 1 atom stereocenters. The van der Waals surface area contributed by atoms with E-state index in [0.29, 0.717) is 12.0 Å². The molecule has 5 heteroatoms. The third-order valence-electron chi connectivity index (χ3n) is 3.09. The summed E-state index contributed by atoms with van der Waals surface area (Å²) in [6, 6.07) is -0.0888. The molecule has 1 aromatic heterocycles. The lowest BCUT2D eigenvalue weighted by molar-refractivity contribution is 0.451. The van der Waals surface area contributed by atoms with Gasteiger partial charge in [0.1, 0.15) is 5.15 Å². The first-order valence-corrected chi connectivity index (χ1v) is 6.93. The van der Waals surface area contributed by atoms with Crippen molar-refractivity contribution >= 4 is 11.6 Å². The molecule has 1 unspecified atom stereocenters. The van der Waals surface area contributed by atoms with Gasteiger partial charge in [0.05, 0.1) is 5.56 Å². The smallest absolute Gasteiger partial charge is 0.297 e. The summed E-state index contributed by atoms with van der Waals surface area (Å²) in [5.74, 6) is 0. The van der Waals surface area contributed by atoms with Crippen LogP contribution in [0, 0.1) is 0 Å². The largest absolute Gasteiger partial charge is 0.329 e. The van der Waals surface area contributed by atoms with Crippen LogP contribution in [0.25, 0.3) is 0 Å². The van der Waals surface area contributed by atoms with Gasteiger partial charge in [0, 0.05) is 6.04 Å². The molecule has 0 spiro atoms. The van der Waals surface area contributed by atoms with Gasteiger partial charge >= 0.3 is 5.69 Å². The molecule has 1 aromatic rings. The minimum Gasteiger partial charge on any atom is -0.297 e. The van der Waals surface area contributed by atoms with Crippen molar-refractivity contribution in [1.82, 2.24) is 9.55 Å². The molecule has 0 aromatic carbocycles. The quantitative estimate of drug-likeness (QED) is 0.810. The van der Waals surface area contributed by atoms with Crippen molar-refractivity contribution in [1.29, 1.82) is 0 Å². The SMILES string of the molecule is CCCCC(C)n1c(=O)[nH]c(Cl)c(CCC)c1=O. The molecular weight excluding hydrogens is 252 g/mol. The van der Waals surface area contributed by atoms with E-state index in [0.717, 1.165) is 25.7 Å². The Balaban J connectivity index is 3.23. The van der Waals surface area contributed by atoms with E-state index in [9.17, 15) is 9.59 Å². The number of halogens is 1. The first-order valence-electron chi connectivity index (χ1n) is 6.56. The lowest BCUT2D eigenvalue weighted by Gasteiger charge is -2.15. The minimum atomic E-state index is -0.409. The van der Waals surface area contributed by atoms with Gasteiger partial charge in [-0.1, -0.05) is 44.7 Å². The molecule has 1 heterocycles. The second-order valence-electron chi connectivity index (χ2n) is 4.64. The van der Waals surface area contributed by atoms with E-state index in [2.05, 4.69) is 11.9 Å². The molecule has 0 fully saturated rings. The zero-order chi connectivity index (χ0) is 13.7. The van der Waals surface area contributed by atoms with Gasteiger partial charge in [0.25, 0.3) is 5.56 Å². The molecule has 0 bridgehead atoms. The Bertz CT molecular complexity index is 505. The van der Waals surface area contributed by atoms with E-state index in [1.807, 2.05) is 13.8 Å². The molecular formula is C13H21ClN2O2. The van der Waals surface area contributed by atoms with Crippen LogP contribution < -0.4 is 11.2 Å². The summed E-state index contributed by atoms with van der Waals surface area (Å²) in [6.07, 6.45) is 4.29. The maximum atomic E-state index is 12.3. The number of unbranched alkanes of at least 4 members (excludes halogenated alkanes) is 1. The van der Waals surface area contributed by atoms with Gasteiger partial charge in [-0.05, 0) is 19.8 Å². The number of hydrogen-bond donors (Lipinski definition) is 1. The fraction of sp³-hybridized carbons (Fsp3) is 0.692. The average Bonchev–Trinajstić information content (AvgIpc) is 2.31. The topological polar surface area (TPSA) is 54.9 Å². The summed E-state index contributed by atoms with van der Waals surface area (Å²) in [7, 11) is 0. The maximum Gasteiger partial charge on any atom is 0.329 e. The third kappa shape index (κ3) is 3.25. The Morgan fingerprint density at radius 1 is 1.28 bits per heavy atom. The van der Waals surface area contributed by atoms with E-state index in [4.69, 9.17) is 11.6 Å². The lowest BCUT2D eigenvalue weighted by atomic mass is 10.1. The Morgan fingerprint density at radius 2 is 1.94 bits per heavy atom. The van der Waals surface area contributed by atoms with Crippen LogP contribution >= 0.6 is 11.6 Å². The molecule has 0 saturated heterocycles. The highest BCUT2D eigenvalue weighted by Crippen LogP contribution is 2.13. The van der Waals surface area contributed by atoms with Crippen molar-refractivity contribution in [2.24, 2.45) is 0 Å². The number of aromatic nitrogens is 2. The summed E-state index contributed by atoms with van der Waals surface area (Å²) in [5.41, 5.74) is -0.134. The molecule has 102 valence electrons. The standard InChI is InChI=1S/C13H21ClN2O2/c1-4-6-8-9(3)16-12(17)10(7-5-2)11(14)15-13(16)18/h9H,4-8H2,1-3H3,(H,15,18). The van der Waals surface area contributed by atoms with Gasteiger partial charge in [0.2, 0.25) is 0 Å². The molecule has 18 heavy (non-hydrogen) atoms. The van der Waals surface area contributed by atoms with Gasteiger partial charge in [0.15, 0.2) is 0 Å². The Hall–Kier alpha value is -1.03. The number of aromatic amines is 1. The van der Waals surface area contributed by atoms with Crippen LogP contribution in [0.5, 0.6) is 0 Å². The predicted molar refractivity (Wildman–Crippen MR) is 74.6 cm³/mol. The van der Waals surface area contributed by atoms with Crippen LogP contribution in [0.1, 0.15) is 58.1 Å². The van der Waals surface area contributed by atoms with E-state index in [1.165, 1.54) is 4.57 Å². The van der Waals surface area contributed by atoms with Gasteiger partial charge < -0.3 is 0 Å². The molecule has 1 N–H and O–H groups in total. The fourth-order valence-corrected chi connectivity index (χ4v) is 2.31. The first kappa shape index (κ1) is 15.0. The lowest BCUT2D eigenvalue weighted by Crippen LogP contribution is -2.39. The van der Waals surface area contributed by atoms with Crippen molar-refractivity contribution in [2.45, 2.75) is 58.9 Å². The van der Waals surface area contributed by atoms with Crippen LogP contribution in [-0.2, 0) is 6.42 Å². The summed E-state index contributed by atoms with van der Waals surface area (Å²) in [5, 5.41) is 0.186. The van der Waals surface area contributed by atoms with E-state index in [-0.39, 0.29) is 16.8 Å². The van der Waals surface area contributed by atoms with Gasteiger partial charge in [-0.15, -0.1) is 0 Å². The zero-order valence-corrected chi connectivity index (χ0v) is 12.0. The first-order chi connectivity index (χ1) is 8.52. The van der Waals surface area contributed by atoms with Crippen LogP contribution in [-0.4, -0.2) is 9.55 Å². The highest BCUT2D eigenvalue weighted by Gasteiger charge is 2.15. The molecule has 0 aliphatic rings. The summed E-state index contributed by atoms with van der Waals surface area (Å²) in [4.78, 5) is 26.7. The summed E-state index contributed by atoms with van der Waals surface area (Å²) >= 11 is 5.93.